The van der Waals surface area contributed by atoms with Gasteiger partial charge in [-0.25, -0.2) is 0 Å². The van der Waals surface area contributed by atoms with Gasteiger partial charge in [0.25, 0.3) is 5.91 Å². The monoisotopic (exact) mass is 380 g/mol. The number of amides is 2. The Balaban J connectivity index is 1.63. The Morgan fingerprint density at radius 3 is 2.57 bits per heavy atom. The highest BCUT2D eigenvalue weighted by atomic mass is 16.3. The minimum Gasteiger partial charge on any atom is -0.380 e. The van der Waals surface area contributed by atoms with Crippen LogP contribution in [0.1, 0.15) is 44.2 Å². The molecule has 1 heterocycles. The summed E-state index contributed by atoms with van der Waals surface area (Å²) in [5.41, 5.74) is 2.36. The molecule has 0 fully saturated rings. The summed E-state index contributed by atoms with van der Waals surface area (Å²) >= 11 is 0. The zero-order valence-electron chi connectivity index (χ0n) is 16.6. The number of aliphatic hydroxyl groups is 1. The third kappa shape index (κ3) is 4.60. The molecule has 0 radical (unpaired) electrons. The molecule has 2 aromatic carbocycles. The van der Waals surface area contributed by atoms with Crippen molar-refractivity contribution in [2.45, 2.75) is 51.6 Å². The van der Waals surface area contributed by atoms with Gasteiger partial charge in [-0.2, -0.15) is 0 Å². The van der Waals surface area contributed by atoms with Gasteiger partial charge in [-0.05, 0) is 55.5 Å². The second-order valence-electron chi connectivity index (χ2n) is 7.63. The predicted molar refractivity (Wildman–Crippen MR) is 111 cm³/mol. The molecule has 2 aromatic rings. The number of carbonyl (C=O) groups excluding carboxylic acids is 2. The van der Waals surface area contributed by atoms with Crippen LogP contribution in [0.15, 0.2) is 48.5 Å². The molecule has 5 nitrogen and oxygen atoms in total. The Hall–Kier alpha value is -2.66. The topological polar surface area (TPSA) is 69.6 Å². The van der Waals surface area contributed by atoms with E-state index >= 15 is 0 Å². The van der Waals surface area contributed by atoms with E-state index in [4.69, 9.17) is 0 Å². The molecule has 28 heavy (non-hydrogen) atoms. The molecule has 0 aliphatic carbocycles. The highest BCUT2D eigenvalue weighted by Gasteiger charge is 2.29. The van der Waals surface area contributed by atoms with Crippen LogP contribution in [0.25, 0.3) is 0 Å². The van der Waals surface area contributed by atoms with E-state index in [9.17, 15) is 14.7 Å². The fourth-order valence-electron chi connectivity index (χ4n) is 3.63. The predicted octanol–water partition coefficient (Wildman–Crippen LogP) is 3.70. The van der Waals surface area contributed by atoms with E-state index in [1.54, 1.807) is 12.1 Å². The maximum Gasteiger partial charge on any atom is 0.256 e. The molecule has 0 aromatic heterocycles. The van der Waals surface area contributed by atoms with Crippen molar-refractivity contribution in [3.05, 3.63) is 59.7 Å². The summed E-state index contributed by atoms with van der Waals surface area (Å²) in [4.78, 5) is 26.9. The fraction of sp³-hybridized carbons (Fsp3) is 0.391. The number of nitrogens with zero attached hydrogens (tertiary/aromatic N) is 1. The molecule has 148 valence electrons. The SMILES string of the molecule is CCCC(C)(O)C(=O)Nc1ccc(CC(=O)N2CCCc3ccccc32)cc1. The highest BCUT2D eigenvalue weighted by Crippen LogP contribution is 2.27. The summed E-state index contributed by atoms with van der Waals surface area (Å²) < 4.78 is 0. The Kier molecular flexibility index (Phi) is 6.15. The second-order valence-corrected chi connectivity index (χ2v) is 7.63. The van der Waals surface area contributed by atoms with Crippen LogP contribution in [0.2, 0.25) is 0 Å². The lowest BCUT2D eigenvalue weighted by molar-refractivity contribution is -0.133. The zero-order valence-corrected chi connectivity index (χ0v) is 16.6. The Morgan fingerprint density at radius 2 is 1.86 bits per heavy atom. The van der Waals surface area contributed by atoms with Gasteiger partial charge in [0.05, 0.1) is 6.42 Å². The molecule has 0 spiro atoms. The first-order chi connectivity index (χ1) is 13.4. The van der Waals surface area contributed by atoms with E-state index in [-0.39, 0.29) is 5.91 Å². The fourth-order valence-corrected chi connectivity index (χ4v) is 3.63. The van der Waals surface area contributed by atoms with Gasteiger partial charge >= 0.3 is 0 Å². The van der Waals surface area contributed by atoms with Crippen LogP contribution in [0.5, 0.6) is 0 Å². The maximum absolute atomic E-state index is 12.8. The van der Waals surface area contributed by atoms with Crippen molar-refractivity contribution in [1.82, 2.24) is 0 Å². The minimum atomic E-state index is -1.38. The quantitative estimate of drug-likeness (QED) is 0.803. The number of carbonyl (C=O) groups is 2. The largest absolute Gasteiger partial charge is 0.380 e. The average molecular weight is 380 g/mol. The van der Waals surface area contributed by atoms with E-state index in [1.807, 2.05) is 42.2 Å². The number of nitrogens with one attached hydrogen (secondary N) is 1. The summed E-state index contributed by atoms with van der Waals surface area (Å²) in [6.45, 7) is 4.19. The van der Waals surface area contributed by atoms with Crippen molar-refractivity contribution in [3.8, 4) is 0 Å². The number of para-hydroxylation sites is 1. The average Bonchev–Trinajstić information content (AvgIpc) is 2.69. The third-order valence-corrected chi connectivity index (χ3v) is 5.20. The number of benzene rings is 2. The number of hydrogen-bond donors (Lipinski definition) is 2. The number of aryl methyl sites for hydroxylation is 1. The van der Waals surface area contributed by atoms with Crippen molar-refractivity contribution in [2.75, 3.05) is 16.8 Å². The molecule has 0 saturated carbocycles. The zero-order chi connectivity index (χ0) is 20.1. The molecule has 0 bridgehead atoms. The summed E-state index contributed by atoms with van der Waals surface area (Å²) in [7, 11) is 0. The van der Waals surface area contributed by atoms with Gasteiger partial charge in [0, 0.05) is 17.9 Å². The van der Waals surface area contributed by atoms with Gasteiger partial charge in [-0.15, -0.1) is 0 Å². The Labute approximate surface area is 166 Å². The van der Waals surface area contributed by atoms with Crippen molar-refractivity contribution in [1.29, 1.82) is 0 Å². The lowest BCUT2D eigenvalue weighted by Gasteiger charge is -2.29. The van der Waals surface area contributed by atoms with Crippen LogP contribution >= 0.6 is 0 Å². The third-order valence-electron chi connectivity index (χ3n) is 5.20. The van der Waals surface area contributed by atoms with Crippen LogP contribution in [-0.4, -0.2) is 29.1 Å². The molecule has 2 amide bonds. The first-order valence-electron chi connectivity index (χ1n) is 9.92. The molecule has 0 saturated heterocycles. The van der Waals surface area contributed by atoms with Gasteiger partial charge in [-0.3, -0.25) is 9.59 Å². The number of anilines is 2. The molecule has 3 rings (SSSR count). The number of hydrogen-bond acceptors (Lipinski definition) is 3. The molecule has 1 atom stereocenters. The molecule has 1 aliphatic rings. The highest BCUT2D eigenvalue weighted by molar-refractivity contribution is 5.97. The van der Waals surface area contributed by atoms with E-state index in [2.05, 4.69) is 11.4 Å². The maximum atomic E-state index is 12.8. The van der Waals surface area contributed by atoms with Gasteiger partial charge in [0.2, 0.25) is 5.91 Å². The summed E-state index contributed by atoms with van der Waals surface area (Å²) in [6.07, 6.45) is 3.43. The summed E-state index contributed by atoms with van der Waals surface area (Å²) in [6, 6.07) is 15.3. The molecule has 5 heteroatoms. The molecule has 2 N–H and O–H groups in total. The smallest absolute Gasteiger partial charge is 0.256 e. The minimum absolute atomic E-state index is 0.0785. The van der Waals surface area contributed by atoms with E-state index in [0.717, 1.165) is 37.1 Å². The lowest BCUT2D eigenvalue weighted by Crippen LogP contribution is -2.39. The van der Waals surface area contributed by atoms with Gasteiger partial charge in [0.1, 0.15) is 5.60 Å². The molecular weight excluding hydrogens is 352 g/mol. The first kappa shape index (κ1) is 20.1. The van der Waals surface area contributed by atoms with Crippen molar-refractivity contribution in [2.24, 2.45) is 0 Å². The van der Waals surface area contributed by atoms with Crippen LogP contribution in [-0.2, 0) is 22.4 Å². The van der Waals surface area contributed by atoms with Crippen LogP contribution in [0.4, 0.5) is 11.4 Å². The van der Waals surface area contributed by atoms with Gasteiger partial charge < -0.3 is 15.3 Å². The molecule has 1 aliphatic heterocycles. The first-order valence-corrected chi connectivity index (χ1v) is 9.92. The van der Waals surface area contributed by atoms with Crippen molar-refractivity contribution in [3.63, 3.8) is 0 Å². The van der Waals surface area contributed by atoms with Crippen molar-refractivity contribution < 1.29 is 14.7 Å². The van der Waals surface area contributed by atoms with Gasteiger partial charge in [0.15, 0.2) is 0 Å². The Bertz CT molecular complexity index is 843. The molecule has 1 unspecified atom stereocenters. The number of rotatable bonds is 6. The summed E-state index contributed by atoms with van der Waals surface area (Å²) in [5.74, 6) is -0.335. The Morgan fingerprint density at radius 1 is 1.14 bits per heavy atom. The van der Waals surface area contributed by atoms with Crippen LogP contribution < -0.4 is 10.2 Å². The van der Waals surface area contributed by atoms with Crippen LogP contribution in [0, 0.1) is 0 Å². The van der Waals surface area contributed by atoms with E-state index in [0.29, 0.717) is 18.5 Å². The van der Waals surface area contributed by atoms with Gasteiger partial charge in [-0.1, -0.05) is 43.7 Å². The normalized spacial score (nSPS) is 15.5. The second kappa shape index (κ2) is 8.57. The standard InChI is InChI=1S/C23H28N2O3/c1-3-14-23(2,28)22(27)24-19-12-10-17(11-13-19)16-21(26)25-15-6-8-18-7-4-5-9-20(18)25/h4-5,7,9-13,28H,3,6,8,14-16H2,1-2H3,(H,24,27). The van der Waals surface area contributed by atoms with Crippen LogP contribution in [0.3, 0.4) is 0 Å². The van der Waals surface area contributed by atoms with E-state index in [1.165, 1.54) is 12.5 Å². The van der Waals surface area contributed by atoms with Crippen molar-refractivity contribution >= 4 is 23.2 Å². The summed E-state index contributed by atoms with van der Waals surface area (Å²) in [5, 5.41) is 12.9. The lowest BCUT2D eigenvalue weighted by atomic mass is 9.99. The molecular formula is C23H28N2O3. The number of fused-ring (bicyclic) bond motifs is 1. The van der Waals surface area contributed by atoms with E-state index < -0.39 is 11.5 Å².